The minimum Gasteiger partial charge on any atom is -0.406 e. The molecule has 1 saturated heterocycles. The summed E-state index contributed by atoms with van der Waals surface area (Å²) in [5, 5.41) is 7.94. The van der Waals surface area contributed by atoms with Crippen molar-refractivity contribution in [3.63, 3.8) is 0 Å². The van der Waals surface area contributed by atoms with Crippen LogP contribution in [0, 0.1) is 5.82 Å². The van der Waals surface area contributed by atoms with Crippen molar-refractivity contribution in [1.82, 2.24) is 20.1 Å². The molecule has 1 aliphatic heterocycles. The molecule has 1 aromatic heterocycles. The van der Waals surface area contributed by atoms with Gasteiger partial charge in [0.25, 0.3) is 0 Å². The minimum absolute atomic E-state index is 0.110. The summed E-state index contributed by atoms with van der Waals surface area (Å²) in [4.78, 5) is 23.6. The fourth-order valence-electron chi connectivity index (χ4n) is 5.10. The van der Waals surface area contributed by atoms with Crippen LogP contribution in [0.15, 0.2) is 78.0 Å². The van der Waals surface area contributed by atoms with Gasteiger partial charge in [0.2, 0.25) is 0 Å². The van der Waals surface area contributed by atoms with E-state index in [0.717, 1.165) is 41.0 Å². The van der Waals surface area contributed by atoms with Crippen molar-refractivity contribution in [2.45, 2.75) is 58.4 Å². The number of anilines is 1. The number of hydrogen-bond acceptors (Lipinski definition) is 5. The largest absolute Gasteiger partial charge is 0.573 e. The van der Waals surface area contributed by atoms with Gasteiger partial charge in [0, 0.05) is 29.6 Å². The standard InChI is InChI=1S/C33H34F4N6O2S/c1-21(2)28-19-25(34)10-15-29(28)43-22(3)16-18-46-32(43)40-31(44)38-17-4-5-23-6-8-24(9-7-23)30-39-20-42(41-30)26-11-13-27(14-12-26)45-33(35,36)37/h6-15,19-22H,4-5,16-18H2,1-3H3,(H,38,44)/b40-32-. The van der Waals surface area contributed by atoms with E-state index >= 15 is 0 Å². The number of carbonyl (C=O) groups excluding carboxylic acids is 1. The lowest BCUT2D eigenvalue weighted by Gasteiger charge is -2.37. The van der Waals surface area contributed by atoms with E-state index in [1.807, 2.05) is 43.0 Å². The van der Waals surface area contributed by atoms with Crippen molar-refractivity contribution in [2.75, 3.05) is 17.2 Å². The highest BCUT2D eigenvalue weighted by Crippen LogP contribution is 2.35. The predicted molar refractivity (Wildman–Crippen MR) is 172 cm³/mol. The summed E-state index contributed by atoms with van der Waals surface area (Å²) in [7, 11) is 0. The van der Waals surface area contributed by atoms with Crippen molar-refractivity contribution in [3.05, 3.63) is 90.0 Å². The SMILES string of the molecule is CC(C)c1cc(F)ccc1N1/C(=N/C(=O)NCCCc2ccc(-c3ncn(-c4ccc(OC(F)(F)F)cc4)n3)cc2)SCCC1C. The Hall–Kier alpha value is -4.39. The van der Waals surface area contributed by atoms with Gasteiger partial charge in [0.1, 0.15) is 17.9 Å². The smallest absolute Gasteiger partial charge is 0.406 e. The first kappa shape index (κ1) is 33.0. The Bertz CT molecular complexity index is 1670. The highest BCUT2D eigenvalue weighted by atomic mass is 32.2. The molecule has 0 aliphatic carbocycles. The number of rotatable bonds is 9. The molecule has 8 nitrogen and oxygen atoms in total. The molecule has 1 atom stereocenters. The average molecular weight is 655 g/mol. The number of benzene rings is 3. The van der Waals surface area contributed by atoms with Crippen molar-refractivity contribution < 1.29 is 27.1 Å². The third-order valence-corrected chi connectivity index (χ3v) is 8.43. The number of halogens is 4. The van der Waals surface area contributed by atoms with Crippen LogP contribution in [0.1, 0.15) is 50.7 Å². The predicted octanol–water partition coefficient (Wildman–Crippen LogP) is 8.13. The number of urea groups is 1. The molecule has 0 spiro atoms. The highest BCUT2D eigenvalue weighted by molar-refractivity contribution is 8.14. The molecular weight excluding hydrogens is 620 g/mol. The number of nitrogens with zero attached hydrogens (tertiary/aromatic N) is 5. The van der Waals surface area contributed by atoms with E-state index in [1.54, 1.807) is 12.1 Å². The first-order valence-electron chi connectivity index (χ1n) is 14.9. The zero-order valence-corrected chi connectivity index (χ0v) is 26.4. The number of aromatic nitrogens is 3. The number of aliphatic imine (C=N–C) groups is 1. The molecule has 242 valence electrons. The quantitative estimate of drug-likeness (QED) is 0.145. The fraction of sp³-hybridized carbons (Fsp3) is 0.333. The Labute approximate surface area is 268 Å². The Morgan fingerprint density at radius 2 is 1.85 bits per heavy atom. The lowest BCUT2D eigenvalue weighted by atomic mass is 9.99. The summed E-state index contributed by atoms with van der Waals surface area (Å²) in [6, 6.07) is 17.6. The number of ether oxygens (including phenoxy) is 1. The maximum absolute atomic E-state index is 14.0. The normalized spacial score (nSPS) is 16.2. The highest BCUT2D eigenvalue weighted by Gasteiger charge is 2.31. The number of carbonyl (C=O) groups is 1. The van der Waals surface area contributed by atoms with Gasteiger partial charge in [-0.2, -0.15) is 4.99 Å². The summed E-state index contributed by atoms with van der Waals surface area (Å²) in [6.07, 6.45) is -0.897. The second-order valence-electron chi connectivity index (χ2n) is 11.2. The van der Waals surface area contributed by atoms with E-state index < -0.39 is 12.4 Å². The second kappa shape index (κ2) is 14.4. The van der Waals surface area contributed by atoms with Gasteiger partial charge in [0.05, 0.1) is 5.69 Å². The van der Waals surface area contributed by atoms with Gasteiger partial charge in [-0.1, -0.05) is 49.9 Å². The average Bonchev–Trinajstić information content (AvgIpc) is 3.50. The zero-order chi connectivity index (χ0) is 32.8. The van der Waals surface area contributed by atoms with E-state index in [-0.39, 0.29) is 23.5 Å². The van der Waals surface area contributed by atoms with Gasteiger partial charge in [-0.05, 0) is 85.7 Å². The van der Waals surface area contributed by atoms with E-state index in [2.05, 4.69) is 32.1 Å². The molecule has 1 N–H and O–H groups in total. The van der Waals surface area contributed by atoms with Crippen LogP contribution in [0.4, 0.5) is 28.0 Å². The molecule has 1 unspecified atom stereocenters. The maximum Gasteiger partial charge on any atom is 0.573 e. The third kappa shape index (κ3) is 8.45. The Morgan fingerprint density at radius 3 is 2.54 bits per heavy atom. The van der Waals surface area contributed by atoms with Gasteiger partial charge >= 0.3 is 12.4 Å². The number of nitrogens with one attached hydrogen (secondary N) is 1. The molecule has 2 heterocycles. The molecule has 5 rings (SSSR count). The Kier molecular flexibility index (Phi) is 10.3. The summed E-state index contributed by atoms with van der Waals surface area (Å²) >= 11 is 1.53. The molecule has 13 heteroatoms. The number of alkyl halides is 3. The molecule has 0 saturated carbocycles. The van der Waals surface area contributed by atoms with Crippen molar-refractivity contribution in [3.8, 4) is 22.8 Å². The number of thioether (sulfide) groups is 1. The van der Waals surface area contributed by atoms with Gasteiger partial charge in [-0.25, -0.2) is 18.9 Å². The van der Waals surface area contributed by atoms with Gasteiger partial charge < -0.3 is 15.0 Å². The molecule has 46 heavy (non-hydrogen) atoms. The lowest BCUT2D eigenvalue weighted by Crippen LogP contribution is -2.42. The molecular formula is C33H34F4N6O2S. The van der Waals surface area contributed by atoms with Crippen molar-refractivity contribution in [1.29, 1.82) is 0 Å². The summed E-state index contributed by atoms with van der Waals surface area (Å²) < 4.78 is 56.6. The lowest BCUT2D eigenvalue weighted by molar-refractivity contribution is -0.274. The monoisotopic (exact) mass is 654 g/mol. The molecule has 3 aromatic carbocycles. The molecule has 2 amide bonds. The molecule has 1 aliphatic rings. The van der Waals surface area contributed by atoms with Crippen LogP contribution in [0.25, 0.3) is 17.1 Å². The van der Waals surface area contributed by atoms with E-state index in [9.17, 15) is 22.4 Å². The Balaban J connectivity index is 1.14. The maximum atomic E-state index is 14.0. The van der Waals surface area contributed by atoms with Crippen LogP contribution >= 0.6 is 11.8 Å². The van der Waals surface area contributed by atoms with Gasteiger partial charge in [0.15, 0.2) is 11.0 Å². The molecule has 0 bridgehead atoms. The summed E-state index contributed by atoms with van der Waals surface area (Å²) in [6.45, 7) is 6.58. The molecule has 1 fully saturated rings. The topological polar surface area (TPSA) is 84.6 Å². The van der Waals surface area contributed by atoms with Crippen molar-refractivity contribution >= 4 is 28.6 Å². The van der Waals surface area contributed by atoms with E-state index in [0.29, 0.717) is 29.6 Å². The van der Waals surface area contributed by atoms with Crippen LogP contribution < -0.4 is 15.0 Å². The van der Waals surface area contributed by atoms with Gasteiger partial charge in [-0.3, -0.25) is 0 Å². The zero-order valence-electron chi connectivity index (χ0n) is 25.6. The van der Waals surface area contributed by atoms with Crippen LogP contribution in [0.2, 0.25) is 0 Å². The molecule has 0 radical (unpaired) electrons. The number of hydrogen-bond donors (Lipinski definition) is 1. The van der Waals surface area contributed by atoms with Gasteiger partial charge in [-0.15, -0.1) is 18.3 Å². The Morgan fingerprint density at radius 1 is 1.11 bits per heavy atom. The molecule has 4 aromatic rings. The van der Waals surface area contributed by atoms with E-state index in [4.69, 9.17) is 0 Å². The summed E-state index contributed by atoms with van der Waals surface area (Å²) in [5.41, 5.74) is 4.16. The number of amidine groups is 1. The minimum atomic E-state index is -4.75. The third-order valence-electron chi connectivity index (χ3n) is 7.44. The van der Waals surface area contributed by atoms with E-state index in [1.165, 1.54) is 53.1 Å². The first-order valence-corrected chi connectivity index (χ1v) is 15.9. The van der Waals surface area contributed by atoms with Crippen LogP contribution in [0.5, 0.6) is 5.75 Å². The number of amides is 2. The van der Waals surface area contributed by atoms with Crippen molar-refractivity contribution in [2.24, 2.45) is 4.99 Å². The first-order chi connectivity index (χ1) is 22.0. The fourth-order valence-corrected chi connectivity index (χ4v) is 6.30. The second-order valence-corrected chi connectivity index (χ2v) is 12.3. The van der Waals surface area contributed by atoms with Crippen LogP contribution in [0.3, 0.4) is 0 Å². The van der Waals surface area contributed by atoms with Crippen LogP contribution in [-0.4, -0.2) is 50.7 Å². The van der Waals surface area contributed by atoms with Crippen LogP contribution in [-0.2, 0) is 6.42 Å². The summed E-state index contributed by atoms with van der Waals surface area (Å²) in [5.74, 6) is 0.833. The number of aryl methyl sites for hydroxylation is 1.